The predicted octanol–water partition coefficient (Wildman–Crippen LogP) is -2.30. The molecule has 0 atom stereocenters. The van der Waals surface area contributed by atoms with E-state index in [1.807, 2.05) is 0 Å². The van der Waals surface area contributed by atoms with E-state index in [9.17, 15) is 18.9 Å². The van der Waals surface area contributed by atoms with Crippen LogP contribution in [0.5, 0.6) is 0 Å². The van der Waals surface area contributed by atoms with Crippen molar-refractivity contribution in [2.75, 3.05) is 6.29 Å². The van der Waals surface area contributed by atoms with Crippen LogP contribution < -0.4 is 5.32 Å². The van der Waals surface area contributed by atoms with Crippen LogP contribution in [0.25, 0.3) is 0 Å². The zero-order chi connectivity index (χ0) is 13.1. The summed E-state index contributed by atoms with van der Waals surface area (Å²) in [7, 11) is -4.78. The van der Waals surface area contributed by atoms with Crippen molar-refractivity contribution in [1.82, 2.24) is 5.32 Å². The second-order valence-corrected chi connectivity index (χ2v) is 4.31. The monoisotopic (exact) mass is 257 g/mol. The highest BCUT2D eigenvalue weighted by Crippen LogP contribution is 2.33. The smallest absolute Gasteiger partial charge is 0.347 e. The Morgan fingerprint density at radius 2 is 1.31 bits per heavy atom. The Balaban J connectivity index is 5.24. The fraction of sp³-hybridized carbons (Fsp3) is 0.400. The second-order valence-electron chi connectivity index (χ2n) is 2.67. The van der Waals surface area contributed by atoms with Gasteiger partial charge in [0.05, 0.1) is 0 Å². The first-order chi connectivity index (χ1) is 7.04. The van der Waals surface area contributed by atoms with Gasteiger partial charge in [0.2, 0.25) is 0 Å². The molecule has 0 radical (unpaired) electrons. The molecule has 0 aromatic heterocycles. The maximum absolute atomic E-state index is 10.5. The molecule has 0 aliphatic heterocycles. The van der Waals surface area contributed by atoms with Crippen molar-refractivity contribution >= 4 is 25.5 Å². The van der Waals surface area contributed by atoms with Crippen molar-refractivity contribution in [2.45, 2.75) is 5.54 Å². The van der Waals surface area contributed by atoms with E-state index >= 15 is 0 Å². The average Bonchev–Trinajstić information content (AvgIpc) is 2.00. The van der Waals surface area contributed by atoms with Gasteiger partial charge in [-0.15, -0.1) is 0 Å². The normalized spacial score (nSPS) is 12.1. The largest absolute Gasteiger partial charge is 0.479 e. The van der Waals surface area contributed by atoms with Gasteiger partial charge in [-0.1, -0.05) is 0 Å². The van der Waals surface area contributed by atoms with Crippen LogP contribution in [0.4, 0.5) is 0 Å². The Kier molecular flexibility index (Phi) is 4.15. The van der Waals surface area contributed by atoms with Gasteiger partial charge in [0.25, 0.3) is 0 Å². The van der Waals surface area contributed by atoms with Crippen LogP contribution in [-0.4, -0.2) is 54.8 Å². The lowest BCUT2D eigenvalue weighted by atomic mass is 10.0. The summed E-state index contributed by atoms with van der Waals surface area (Å²) in [5.74, 6) is -6.87. The first-order valence-corrected chi connectivity index (χ1v) is 5.33. The van der Waals surface area contributed by atoms with E-state index in [1.54, 1.807) is 0 Å². The van der Waals surface area contributed by atoms with Crippen molar-refractivity contribution in [1.29, 1.82) is 0 Å². The van der Waals surface area contributed by atoms with Crippen molar-refractivity contribution in [2.24, 2.45) is 0 Å². The third kappa shape index (κ3) is 3.00. The zero-order valence-corrected chi connectivity index (χ0v) is 8.42. The van der Waals surface area contributed by atoms with Crippen LogP contribution in [0, 0.1) is 0 Å². The van der Waals surface area contributed by atoms with Gasteiger partial charge in [-0.25, -0.2) is 14.4 Å². The SMILES string of the molecule is O=C(O)C(NCP(=O)(O)O)(C(=O)O)C(=O)O. The summed E-state index contributed by atoms with van der Waals surface area (Å²) in [6, 6.07) is 0. The minimum Gasteiger partial charge on any atom is -0.479 e. The third-order valence-electron chi connectivity index (χ3n) is 1.51. The van der Waals surface area contributed by atoms with E-state index in [0.29, 0.717) is 0 Å². The molecule has 10 nitrogen and oxygen atoms in total. The number of nitrogens with one attached hydrogen (secondary N) is 1. The summed E-state index contributed by atoms with van der Waals surface area (Å²) in [6.07, 6.45) is -1.39. The van der Waals surface area contributed by atoms with Crippen molar-refractivity contribution in [3.05, 3.63) is 0 Å². The van der Waals surface area contributed by atoms with Gasteiger partial charge in [0, 0.05) is 0 Å². The van der Waals surface area contributed by atoms with E-state index in [0.717, 1.165) is 0 Å². The summed E-state index contributed by atoms with van der Waals surface area (Å²) < 4.78 is 10.4. The van der Waals surface area contributed by atoms with Gasteiger partial charge in [-0.2, -0.15) is 0 Å². The number of carboxylic acid groups (broad SMARTS) is 3. The summed E-state index contributed by atoms with van der Waals surface area (Å²) >= 11 is 0. The van der Waals surface area contributed by atoms with E-state index in [4.69, 9.17) is 25.1 Å². The number of rotatable bonds is 6. The summed E-state index contributed by atoms with van der Waals surface area (Å²) in [5.41, 5.74) is -3.48. The number of carbonyl (C=O) groups is 3. The van der Waals surface area contributed by atoms with E-state index < -0.39 is 37.3 Å². The molecular weight excluding hydrogens is 249 g/mol. The number of carboxylic acids is 3. The molecule has 0 fully saturated rings. The molecule has 92 valence electrons. The lowest BCUT2D eigenvalue weighted by Crippen LogP contribution is -2.64. The van der Waals surface area contributed by atoms with Crippen molar-refractivity contribution in [3.8, 4) is 0 Å². The highest BCUT2D eigenvalue weighted by atomic mass is 31.2. The fourth-order valence-electron chi connectivity index (χ4n) is 0.723. The first-order valence-electron chi connectivity index (χ1n) is 3.54. The first kappa shape index (κ1) is 14.5. The Hall–Kier alpha value is -1.48. The summed E-state index contributed by atoms with van der Waals surface area (Å²) in [5, 5.41) is 26.8. The molecule has 0 aliphatic rings. The molecule has 0 aromatic rings. The van der Waals surface area contributed by atoms with Gasteiger partial charge >= 0.3 is 31.0 Å². The highest BCUT2D eigenvalue weighted by Gasteiger charge is 2.55. The number of aliphatic carboxylic acids is 3. The average molecular weight is 257 g/mol. The van der Waals surface area contributed by atoms with Gasteiger partial charge in [-0.05, 0) is 0 Å². The molecular formula is C5H8NO9P. The molecule has 0 aromatic carbocycles. The molecule has 0 bridgehead atoms. The molecule has 16 heavy (non-hydrogen) atoms. The predicted molar refractivity (Wildman–Crippen MR) is 45.7 cm³/mol. The number of hydrogen-bond acceptors (Lipinski definition) is 5. The lowest BCUT2D eigenvalue weighted by molar-refractivity contribution is -0.169. The van der Waals surface area contributed by atoms with Crippen molar-refractivity contribution < 1.29 is 44.1 Å². The van der Waals surface area contributed by atoms with Crippen molar-refractivity contribution in [3.63, 3.8) is 0 Å². The second kappa shape index (κ2) is 4.58. The molecule has 0 aliphatic carbocycles. The standard InChI is InChI=1S/C5H8NO9P/c7-2(8)5(3(9)10,4(11)12)6-1-16(13,14)15/h6H,1H2,(H,7,8)(H,9,10)(H,11,12)(H2,13,14,15). The van der Waals surface area contributed by atoms with Gasteiger partial charge in [0.1, 0.15) is 6.29 Å². The Morgan fingerprint density at radius 1 is 1.00 bits per heavy atom. The molecule has 0 saturated heterocycles. The fourth-order valence-corrected chi connectivity index (χ4v) is 1.17. The quantitative estimate of drug-likeness (QED) is 0.223. The van der Waals surface area contributed by atoms with Crippen LogP contribution in [0.2, 0.25) is 0 Å². The zero-order valence-electron chi connectivity index (χ0n) is 7.52. The molecule has 0 rings (SSSR count). The highest BCUT2D eigenvalue weighted by molar-refractivity contribution is 7.51. The molecule has 0 spiro atoms. The topological polar surface area (TPSA) is 181 Å². The molecule has 0 unspecified atom stereocenters. The van der Waals surface area contributed by atoms with E-state index in [-0.39, 0.29) is 0 Å². The van der Waals surface area contributed by atoms with Crippen LogP contribution in [0.1, 0.15) is 0 Å². The molecule has 0 saturated carbocycles. The van der Waals surface area contributed by atoms with Gasteiger partial charge < -0.3 is 25.1 Å². The number of hydrogen-bond donors (Lipinski definition) is 6. The Labute approximate surface area is 87.7 Å². The van der Waals surface area contributed by atoms with Gasteiger partial charge in [-0.3, -0.25) is 9.88 Å². The minimum atomic E-state index is -4.78. The van der Waals surface area contributed by atoms with Crippen LogP contribution in [0.3, 0.4) is 0 Å². The van der Waals surface area contributed by atoms with E-state index in [2.05, 4.69) is 0 Å². The van der Waals surface area contributed by atoms with Crippen LogP contribution in [-0.2, 0) is 18.9 Å². The maximum atomic E-state index is 10.5. The minimum absolute atomic E-state index is 1.31. The Morgan fingerprint density at radius 3 is 1.50 bits per heavy atom. The lowest BCUT2D eigenvalue weighted by Gasteiger charge is -2.21. The molecule has 11 heteroatoms. The van der Waals surface area contributed by atoms with Crippen LogP contribution >= 0.6 is 7.60 Å². The Bertz CT molecular complexity index is 334. The maximum Gasteiger partial charge on any atom is 0.347 e. The molecule has 6 N–H and O–H groups in total. The summed E-state index contributed by atoms with van der Waals surface area (Å²) in [6.45, 7) is 0. The molecule has 0 heterocycles. The van der Waals surface area contributed by atoms with Crippen LogP contribution in [0.15, 0.2) is 0 Å². The molecule has 0 amide bonds. The summed E-state index contributed by atoms with van der Waals surface area (Å²) in [4.78, 5) is 48.4. The third-order valence-corrected chi connectivity index (χ3v) is 2.08. The van der Waals surface area contributed by atoms with Gasteiger partial charge in [0.15, 0.2) is 0 Å². The van der Waals surface area contributed by atoms with E-state index in [1.165, 1.54) is 5.32 Å².